The van der Waals surface area contributed by atoms with Crippen molar-refractivity contribution in [1.29, 1.82) is 0 Å². The average Bonchev–Trinajstić information content (AvgIpc) is 2.72. The van der Waals surface area contributed by atoms with E-state index in [0.29, 0.717) is 95.4 Å². The number of fused-ring (bicyclic) bond motifs is 3. The monoisotopic (exact) mass is 1250 g/mol. The van der Waals surface area contributed by atoms with Crippen LogP contribution in [0.3, 0.4) is 0 Å². The number of rotatable bonds is 23. The fraction of sp³-hybridized carbons (Fsp3) is 0.226. The lowest BCUT2D eigenvalue weighted by molar-refractivity contribution is 0.0851. The molecule has 0 aliphatic heterocycles. The van der Waals surface area contributed by atoms with Crippen molar-refractivity contribution < 1.29 is 28.8 Å². The van der Waals surface area contributed by atoms with Crippen molar-refractivity contribution in [2.24, 2.45) is 43.6 Å². The molecular formula is C62H68ClN15O6S3. The third kappa shape index (κ3) is 21.6. The van der Waals surface area contributed by atoms with Crippen molar-refractivity contribution >= 4 is 129 Å². The molecule has 0 saturated heterocycles. The van der Waals surface area contributed by atoms with E-state index in [0.717, 1.165) is 37.1 Å². The van der Waals surface area contributed by atoms with E-state index in [1.165, 1.54) is 34.0 Å². The number of amides is 2. The molecule has 0 unspecified atom stereocenters. The molecule has 3 heterocycles. The zero-order valence-electron chi connectivity index (χ0n) is 47.8. The standard InChI is InChI=1S/C21H23N5O2S.C20H21N5O2S.C14H19N5OS.C7H5ClO/c1-23-21(22)24-13-7-11-16(25-19(28)14-8-3-2-4-9-14)18(27)20-26-15-10-5-6-12-17(15)29-20;21-20(22)23-12-6-10-15(24-18(27)13-7-2-1-3-8-13)17(26)19-25-14-9-4-5-11-16(14)28-19;1-17-14(16)18-8-4-5-9(15)12(20)13-19-10-6-2-3-7-11(10)21-13;8-7(9)6-4-2-1-3-5-6/h2-6,8-10,12,16H,7,11,13H2,1H3,(H,25,28)(H3,22,23,24);1-5,7-9,11,15H,6,10,12H2,(H,24,27)(H4,21,22,23);2-3,6-7,9H,4-5,8,15H2,1H3,(H3,16,17,18);1-5H/t16-;15-;9-;/m000./s1. The third-order valence-electron chi connectivity index (χ3n) is 12.6. The van der Waals surface area contributed by atoms with Gasteiger partial charge in [-0.25, -0.2) is 15.0 Å². The van der Waals surface area contributed by atoms with E-state index in [1.54, 1.807) is 86.9 Å². The molecule has 21 nitrogen and oxygen atoms in total. The Morgan fingerprint density at radius 1 is 0.471 bits per heavy atom. The Kier molecular flexibility index (Phi) is 27.0. The highest BCUT2D eigenvalue weighted by atomic mass is 35.5. The fourth-order valence-electron chi connectivity index (χ4n) is 8.01. The molecule has 9 rings (SSSR count). The summed E-state index contributed by atoms with van der Waals surface area (Å²) in [5.74, 6) is -0.360. The molecule has 452 valence electrons. The first-order chi connectivity index (χ1) is 42.0. The molecule has 0 aliphatic carbocycles. The molecule has 3 aromatic heterocycles. The molecular weight excluding hydrogens is 1180 g/mol. The number of aromatic nitrogens is 3. The molecule has 0 fully saturated rings. The summed E-state index contributed by atoms with van der Waals surface area (Å²) in [5.41, 5.74) is 31.7. The summed E-state index contributed by atoms with van der Waals surface area (Å²) < 4.78 is 2.87. The Balaban J connectivity index is 0.000000196. The number of hydrogen-bond donors (Lipinski definition) is 9. The van der Waals surface area contributed by atoms with Crippen LogP contribution in [0.5, 0.6) is 0 Å². The van der Waals surface area contributed by atoms with Gasteiger partial charge >= 0.3 is 0 Å². The minimum atomic E-state index is -0.706. The van der Waals surface area contributed by atoms with Gasteiger partial charge in [-0.3, -0.25) is 43.7 Å². The summed E-state index contributed by atoms with van der Waals surface area (Å²) in [6, 6.07) is 47.3. The summed E-state index contributed by atoms with van der Waals surface area (Å²) in [5, 5.41) is 12.4. The first kappa shape index (κ1) is 66.8. The second kappa shape index (κ2) is 35.2. The number of para-hydroxylation sites is 3. The van der Waals surface area contributed by atoms with Gasteiger partial charge in [-0.1, -0.05) is 103 Å². The maximum absolute atomic E-state index is 13.1. The number of nitrogens with two attached hydrogens (primary N) is 5. The quantitative estimate of drug-likeness (QED) is 0.00959. The van der Waals surface area contributed by atoms with E-state index in [1.807, 2.05) is 91.0 Å². The normalized spacial score (nSPS) is 12.1. The van der Waals surface area contributed by atoms with Gasteiger partial charge in [0, 0.05) is 50.4 Å². The molecule has 9 aromatic rings. The van der Waals surface area contributed by atoms with E-state index in [-0.39, 0.29) is 35.1 Å². The summed E-state index contributed by atoms with van der Waals surface area (Å²) in [7, 11) is 3.21. The van der Waals surface area contributed by atoms with Gasteiger partial charge in [0.1, 0.15) is 0 Å². The summed E-state index contributed by atoms with van der Waals surface area (Å²) in [6.45, 7) is 1.57. The summed E-state index contributed by atoms with van der Waals surface area (Å²) in [6.07, 6.45) is 3.37. The number of hydrogen-bond acceptors (Lipinski definition) is 16. The predicted molar refractivity (Wildman–Crippen MR) is 351 cm³/mol. The second-order valence-electron chi connectivity index (χ2n) is 18.9. The number of nitrogens with zero attached hydrogens (tertiary/aromatic N) is 6. The lowest BCUT2D eigenvalue weighted by Crippen LogP contribution is -2.41. The van der Waals surface area contributed by atoms with Crippen LogP contribution in [-0.2, 0) is 0 Å². The molecule has 0 radical (unpaired) electrons. The van der Waals surface area contributed by atoms with Crippen LogP contribution in [0.25, 0.3) is 30.6 Å². The zero-order chi connectivity index (χ0) is 62.5. The lowest BCUT2D eigenvalue weighted by atomic mass is 10.1. The SMILES string of the molecule is CN=C(N)NCCC[C@H](N)C(=O)c1nc2ccccc2s1.CN=C(N)NCCC[C@H](NC(=O)c1ccccc1)C(=O)c1nc2ccccc2s1.NC(N)=NCCC[C@H](NC(=O)c1ccccc1)C(=O)c1nc2ccccc2s1.O=C(Cl)c1ccccc1. The van der Waals surface area contributed by atoms with Crippen LogP contribution in [0.15, 0.2) is 179 Å². The van der Waals surface area contributed by atoms with E-state index in [4.69, 9.17) is 40.3 Å². The highest BCUT2D eigenvalue weighted by Gasteiger charge is 2.27. The number of nitrogens with one attached hydrogen (secondary N) is 4. The molecule has 6 aromatic carbocycles. The van der Waals surface area contributed by atoms with Gasteiger partial charge < -0.3 is 49.9 Å². The van der Waals surface area contributed by atoms with E-state index in [2.05, 4.69) is 51.2 Å². The molecule has 2 amide bonds. The third-order valence-corrected chi connectivity index (χ3v) is 15.9. The van der Waals surface area contributed by atoms with Gasteiger partial charge in [0.2, 0.25) is 17.3 Å². The number of benzene rings is 6. The molecule has 14 N–H and O–H groups in total. The highest BCUT2D eigenvalue weighted by Crippen LogP contribution is 2.26. The van der Waals surface area contributed by atoms with Gasteiger partial charge in [0.05, 0.1) is 48.8 Å². The average molecular weight is 1250 g/mol. The van der Waals surface area contributed by atoms with E-state index >= 15 is 0 Å². The first-order valence-corrected chi connectivity index (χ1v) is 30.3. The number of thiazole rings is 3. The molecule has 0 spiro atoms. The van der Waals surface area contributed by atoms with Crippen LogP contribution < -0.4 is 49.9 Å². The van der Waals surface area contributed by atoms with Gasteiger partial charge in [-0.15, -0.1) is 34.0 Å². The van der Waals surface area contributed by atoms with Gasteiger partial charge in [0.15, 0.2) is 32.9 Å². The highest BCUT2D eigenvalue weighted by molar-refractivity contribution is 7.21. The minimum absolute atomic E-state index is 0.00220. The minimum Gasteiger partial charge on any atom is -0.370 e. The number of carbonyl (C=O) groups excluding carboxylic acids is 6. The van der Waals surface area contributed by atoms with Gasteiger partial charge in [-0.05, 0) is 111 Å². The van der Waals surface area contributed by atoms with Crippen LogP contribution in [0, 0.1) is 0 Å². The lowest BCUT2D eigenvalue weighted by Gasteiger charge is -2.17. The van der Waals surface area contributed by atoms with Crippen LogP contribution in [-0.4, -0.2) is 119 Å². The van der Waals surface area contributed by atoms with Crippen molar-refractivity contribution in [3.8, 4) is 0 Å². The van der Waals surface area contributed by atoms with Crippen LogP contribution in [0.2, 0.25) is 0 Å². The van der Waals surface area contributed by atoms with E-state index in [9.17, 15) is 28.8 Å². The Morgan fingerprint density at radius 3 is 1.17 bits per heavy atom. The Hall–Kier alpha value is -9.33. The number of carbonyl (C=O) groups is 6. The largest absolute Gasteiger partial charge is 0.370 e. The molecule has 0 bridgehead atoms. The maximum atomic E-state index is 13.1. The Bertz CT molecular complexity index is 3700. The smallest absolute Gasteiger partial charge is 0.252 e. The fourth-order valence-corrected chi connectivity index (χ4v) is 11.0. The molecule has 3 atom stereocenters. The molecule has 0 aliphatic rings. The Morgan fingerprint density at radius 2 is 0.816 bits per heavy atom. The molecule has 0 saturated carbocycles. The number of halogens is 1. The first-order valence-electron chi connectivity index (χ1n) is 27.4. The number of guanidine groups is 3. The van der Waals surface area contributed by atoms with E-state index < -0.39 is 23.4 Å². The summed E-state index contributed by atoms with van der Waals surface area (Å²) in [4.78, 5) is 98.8. The van der Waals surface area contributed by atoms with Crippen molar-refractivity contribution in [1.82, 2.24) is 36.2 Å². The number of ketones is 3. The van der Waals surface area contributed by atoms with Crippen molar-refractivity contribution in [3.63, 3.8) is 0 Å². The number of aliphatic imine (C=N–C) groups is 3. The van der Waals surface area contributed by atoms with Crippen molar-refractivity contribution in [2.45, 2.75) is 56.7 Å². The van der Waals surface area contributed by atoms with Crippen molar-refractivity contribution in [2.75, 3.05) is 33.7 Å². The molecule has 87 heavy (non-hydrogen) atoms. The topological polar surface area (TPSA) is 356 Å². The van der Waals surface area contributed by atoms with Crippen LogP contribution >= 0.6 is 45.6 Å². The van der Waals surface area contributed by atoms with Gasteiger partial charge in [-0.2, -0.15) is 0 Å². The predicted octanol–water partition coefficient (Wildman–Crippen LogP) is 8.11. The zero-order valence-corrected chi connectivity index (χ0v) is 51.0. The van der Waals surface area contributed by atoms with Gasteiger partial charge in [0.25, 0.3) is 17.1 Å². The second-order valence-corrected chi connectivity index (χ2v) is 22.3. The molecule has 25 heteroatoms. The summed E-state index contributed by atoms with van der Waals surface area (Å²) >= 11 is 9.21. The maximum Gasteiger partial charge on any atom is 0.252 e. The van der Waals surface area contributed by atoms with Crippen LogP contribution in [0.1, 0.15) is 99.0 Å². The van der Waals surface area contributed by atoms with Crippen LogP contribution in [0.4, 0.5) is 0 Å². The van der Waals surface area contributed by atoms with Crippen molar-refractivity contribution in [3.05, 3.63) is 196 Å². The number of Topliss-reactive ketones (excluding diaryl/α,β-unsaturated/α-hetero) is 3. The Labute approximate surface area is 520 Å².